The van der Waals surface area contributed by atoms with Gasteiger partial charge in [0.15, 0.2) is 0 Å². The molecule has 4 aliphatic rings. The second kappa shape index (κ2) is 5.20. The molecule has 1 spiro atoms. The Kier molecular flexibility index (Phi) is 3.65. The summed E-state index contributed by atoms with van der Waals surface area (Å²) < 4.78 is 0. The second-order valence-electron chi connectivity index (χ2n) is 9.93. The Balaban J connectivity index is 1.73. The quantitative estimate of drug-likeness (QED) is 0.724. The van der Waals surface area contributed by atoms with E-state index in [9.17, 15) is 20.1 Å². The van der Waals surface area contributed by atoms with Gasteiger partial charge in [0.05, 0.1) is 12.0 Å². The zero-order valence-electron chi connectivity index (χ0n) is 15.0. The van der Waals surface area contributed by atoms with Crippen molar-refractivity contribution in [2.45, 2.75) is 71.3 Å². The van der Waals surface area contributed by atoms with Gasteiger partial charge >= 0.3 is 5.97 Å². The Morgan fingerprint density at radius 1 is 1.04 bits per heavy atom. The number of aliphatic carboxylic acids is 1. The number of carboxylic acid groups (broad SMARTS) is 1. The summed E-state index contributed by atoms with van der Waals surface area (Å²) in [5.74, 6) is 0.290. The maximum Gasteiger partial charge on any atom is 0.306 e. The van der Waals surface area contributed by atoms with Gasteiger partial charge in [0.2, 0.25) is 0 Å². The van der Waals surface area contributed by atoms with Gasteiger partial charge < -0.3 is 15.3 Å². The van der Waals surface area contributed by atoms with Crippen LogP contribution in [0.3, 0.4) is 0 Å². The molecular weight excluding hydrogens is 304 g/mol. The second-order valence-corrected chi connectivity index (χ2v) is 9.93. The van der Waals surface area contributed by atoms with Crippen molar-refractivity contribution in [1.82, 2.24) is 0 Å². The maximum absolute atomic E-state index is 11.7. The van der Waals surface area contributed by atoms with E-state index in [1.165, 1.54) is 0 Å². The van der Waals surface area contributed by atoms with E-state index >= 15 is 0 Å². The summed E-state index contributed by atoms with van der Waals surface area (Å²) in [5.41, 5.74) is -0.157. The molecule has 136 valence electrons. The van der Waals surface area contributed by atoms with Crippen molar-refractivity contribution in [2.75, 3.05) is 6.61 Å². The highest BCUT2D eigenvalue weighted by atomic mass is 16.4. The number of aliphatic hydroxyl groups is 2. The average Bonchev–Trinajstić information content (AvgIpc) is 2.83. The van der Waals surface area contributed by atoms with Crippen LogP contribution in [0.25, 0.3) is 0 Å². The Labute approximate surface area is 144 Å². The zero-order chi connectivity index (χ0) is 17.3. The molecule has 2 bridgehead atoms. The van der Waals surface area contributed by atoms with Crippen molar-refractivity contribution in [1.29, 1.82) is 0 Å². The van der Waals surface area contributed by atoms with Crippen LogP contribution in [0.15, 0.2) is 0 Å². The predicted octanol–water partition coefficient (Wildman–Crippen LogP) is 3.06. The lowest BCUT2D eigenvalue weighted by Gasteiger charge is -2.65. The lowest BCUT2D eigenvalue weighted by molar-refractivity contribution is -0.209. The van der Waals surface area contributed by atoms with Crippen LogP contribution in [0.5, 0.6) is 0 Å². The fraction of sp³-hybridized carbons (Fsp3) is 0.950. The molecule has 8 atom stereocenters. The monoisotopic (exact) mass is 336 g/mol. The van der Waals surface area contributed by atoms with Crippen molar-refractivity contribution in [2.24, 2.45) is 39.9 Å². The third-order valence-electron chi connectivity index (χ3n) is 9.09. The molecule has 0 radical (unpaired) electrons. The van der Waals surface area contributed by atoms with Crippen molar-refractivity contribution in [3.63, 3.8) is 0 Å². The molecule has 0 aromatic carbocycles. The molecule has 4 fully saturated rings. The molecule has 0 saturated heterocycles. The third-order valence-corrected chi connectivity index (χ3v) is 9.09. The summed E-state index contributed by atoms with van der Waals surface area (Å²) in [6.45, 7) is 4.65. The van der Waals surface area contributed by atoms with Crippen LogP contribution in [0.1, 0.15) is 65.2 Å². The minimum absolute atomic E-state index is 0.1000. The molecule has 4 rings (SSSR count). The van der Waals surface area contributed by atoms with Gasteiger partial charge in [-0.25, -0.2) is 0 Å². The Hall–Kier alpha value is -0.610. The van der Waals surface area contributed by atoms with Gasteiger partial charge in [0, 0.05) is 12.0 Å². The summed E-state index contributed by atoms with van der Waals surface area (Å²) in [4.78, 5) is 11.7. The maximum atomic E-state index is 11.7. The first-order valence-corrected chi connectivity index (χ1v) is 9.78. The van der Waals surface area contributed by atoms with Crippen molar-refractivity contribution >= 4 is 5.97 Å². The minimum atomic E-state index is -0.616. The molecule has 0 heterocycles. The largest absolute Gasteiger partial charge is 0.481 e. The number of carbonyl (C=O) groups is 1. The van der Waals surface area contributed by atoms with E-state index in [-0.39, 0.29) is 34.9 Å². The molecule has 4 heteroatoms. The SMILES string of the molecule is C[C@@]1(CO)CC[C@H](O)[C@]2(C)[C@@H]1CC[C@@]13C[C@@H](CC[C@H]12)[C@H](C(=O)O)C3. The molecule has 4 saturated carbocycles. The van der Waals surface area contributed by atoms with Gasteiger partial charge in [-0.15, -0.1) is 0 Å². The van der Waals surface area contributed by atoms with Gasteiger partial charge in [-0.3, -0.25) is 4.79 Å². The molecule has 0 amide bonds. The van der Waals surface area contributed by atoms with Crippen LogP contribution in [0.4, 0.5) is 0 Å². The van der Waals surface area contributed by atoms with E-state index in [0.717, 1.165) is 51.4 Å². The molecule has 4 nitrogen and oxygen atoms in total. The van der Waals surface area contributed by atoms with E-state index in [1.807, 2.05) is 0 Å². The number of aliphatic hydroxyl groups excluding tert-OH is 2. The molecular formula is C20H32O4. The first-order valence-electron chi connectivity index (χ1n) is 9.78. The highest BCUT2D eigenvalue weighted by Gasteiger charge is 2.67. The molecule has 0 aliphatic heterocycles. The van der Waals surface area contributed by atoms with Crippen molar-refractivity contribution in [3.05, 3.63) is 0 Å². The normalized spacial score (nSPS) is 56.4. The van der Waals surface area contributed by atoms with Crippen LogP contribution >= 0.6 is 0 Å². The number of carboxylic acids is 1. The minimum Gasteiger partial charge on any atom is -0.481 e. The number of rotatable bonds is 2. The average molecular weight is 336 g/mol. The standard InChI is InChI=1S/C20H32O4/c1-18(11-21)7-6-16(22)19(2)14(18)5-8-20-9-12(3-4-15(19)20)13(10-20)17(23)24/h12-16,21-22H,3-11H2,1-2H3,(H,23,24)/t12-,13-,14-,15+,16+,18+,19-,20+/m1/s1. The third kappa shape index (κ3) is 1.96. The molecule has 3 N–H and O–H groups in total. The molecule has 0 aromatic rings. The first-order chi connectivity index (χ1) is 11.3. The van der Waals surface area contributed by atoms with Gasteiger partial charge in [0.1, 0.15) is 0 Å². The van der Waals surface area contributed by atoms with Crippen LogP contribution in [-0.4, -0.2) is 34.0 Å². The van der Waals surface area contributed by atoms with Crippen LogP contribution in [0, 0.1) is 39.9 Å². The number of hydrogen-bond donors (Lipinski definition) is 3. The topological polar surface area (TPSA) is 77.8 Å². The number of hydrogen-bond acceptors (Lipinski definition) is 3. The van der Waals surface area contributed by atoms with E-state index < -0.39 is 5.97 Å². The molecule has 4 aliphatic carbocycles. The van der Waals surface area contributed by atoms with Crippen LogP contribution in [-0.2, 0) is 4.79 Å². The highest BCUT2D eigenvalue weighted by Crippen LogP contribution is 2.72. The van der Waals surface area contributed by atoms with E-state index in [2.05, 4.69) is 13.8 Å². The fourth-order valence-corrected chi connectivity index (χ4v) is 7.96. The van der Waals surface area contributed by atoms with Gasteiger partial charge in [-0.2, -0.15) is 0 Å². The predicted molar refractivity (Wildman–Crippen MR) is 90.3 cm³/mol. The van der Waals surface area contributed by atoms with Crippen LogP contribution in [0.2, 0.25) is 0 Å². The Bertz CT molecular complexity index is 548. The lowest BCUT2D eigenvalue weighted by atomic mass is 9.40. The fourth-order valence-electron chi connectivity index (χ4n) is 7.96. The van der Waals surface area contributed by atoms with Crippen LogP contribution < -0.4 is 0 Å². The molecule has 0 unspecified atom stereocenters. The van der Waals surface area contributed by atoms with E-state index in [0.29, 0.717) is 17.8 Å². The van der Waals surface area contributed by atoms with Gasteiger partial charge in [0.25, 0.3) is 0 Å². The van der Waals surface area contributed by atoms with Gasteiger partial charge in [-0.05, 0) is 80.0 Å². The van der Waals surface area contributed by atoms with Crippen molar-refractivity contribution in [3.8, 4) is 0 Å². The van der Waals surface area contributed by atoms with Crippen molar-refractivity contribution < 1.29 is 20.1 Å². The smallest absolute Gasteiger partial charge is 0.306 e. The summed E-state index contributed by atoms with van der Waals surface area (Å²) >= 11 is 0. The highest BCUT2D eigenvalue weighted by molar-refractivity contribution is 5.71. The van der Waals surface area contributed by atoms with Gasteiger partial charge in [-0.1, -0.05) is 13.8 Å². The molecule has 0 aromatic heterocycles. The van der Waals surface area contributed by atoms with E-state index in [1.54, 1.807) is 0 Å². The Morgan fingerprint density at radius 3 is 2.46 bits per heavy atom. The zero-order valence-corrected chi connectivity index (χ0v) is 15.0. The summed E-state index contributed by atoms with van der Waals surface area (Å²) in [6.07, 6.45) is 7.36. The summed E-state index contributed by atoms with van der Waals surface area (Å²) in [6, 6.07) is 0. The summed E-state index contributed by atoms with van der Waals surface area (Å²) in [5, 5.41) is 30.7. The number of fused-ring (bicyclic) bond motifs is 3. The first kappa shape index (κ1) is 16.8. The Morgan fingerprint density at radius 2 is 1.79 bits per heavy atom. The molecule has 24 heavy (non-hydrogen) atoms. The lowest BCUT2D eigenvalue weighted by Crippen LogP contribution is -2.62. The summed E-state index contributed by atoms with van der Waals surface area (Å²) in [7, 11) is 0. The van der Waals surface area contributed by atoms with E-state index in [4.69, 9.17) is 0 Å².